The highest BCUT2D eigenvalue weighted by Crippen LogP contribution is 2.35. The highest BCUT2D eigenvalue weighted by molar-refractivity contribution is 5.89. The summed E-state index contributed by atoms with van der Waals surface area (Å²) in [5, 5.41) is 21.2. The number of benzene rings is 2. The van der Waals surface area contributed by atoms with Crippen molar-refractivity contribution in [2.24, 2.45) is 0 Å². The van der Waals surface area contributed by atoms with Gasteiger partial charge in [-0.3, -0.25) is 0 Å². The normalized spacial score (nSPS) is 14.7. The zero-order chi connectivity index (χ0) is 17.0. The Morgan fingerprint density at radius 3 is 2.09 bits per heavy atom. The quantitative estimate of drug-likeness (QED) is 0.829. The van der Waals surface area contributed by atoms with Crippen LogP contribution in [0, 0.1) is 0 Å². The fourth-order valence-electron chi connectivity index (χ4n) is 2.33. The average Bonchev–Trinajstić information content (AvgIpc) is 2.60. The molecule has 2 rings (SSSR count). The molecule has 0 radical (unpaired) electrons. The van der Waals surface area contributed by atoms with Crippen LogP contribution in [0.4, 0.5) is 0 Å². The molecule has 122 valence electrons. The Morgan fingerprint density at radius 1 is 1.04 bits per heavy atom. The molecular weight excluding hydrogens is 296 g/mol. The number of methoxy groups -OCH3 is 2. The number of hydrogen-bond donors (Lipinski definition) is 2. The lowest BCUT2D eigenvalue weighted by Gasteiger charge is -2.30. The van der Waals surface area contributed by atoms with Crippen LogP contribution >= 0.6 is 0 Å². The second-order valence-corrected chi connectivity index (χ2v) is 5.39. The summed E-state index contributed by atoms with van der Waals surface area (Å²) in [5.74, 6) is 0.218. The van der Waals surface area contributed by atoms with Crippen molar-refractivity contribution in [2.75, 3.05) is 14.2 Å². The molecule has 0 heterocycles. The number of carbonyl (C=O) groups is 1. The van der Waals surface area contributed by atoms with E-state index in [1.807, 2.05) is 0 Å². The lowest BCUT2D eigenvalue weighted by Crippen LogP contribution is -2.30. The summed E-state index contributed by atoms with van der Waals surface area (Å²) in [4.78, 5) is 11.4. The maximum absolute atomic E-state index is 11.4. The fraction of sp³-hybridized carbons (Fsp3) is 0.278. The molecule has 2 aromatic rings. The van der Waals surface area contributed by atoms with Crippen LogP contribution in [0.2, 0.25) is 0 Å². The summed E-state index contributed by atoms with van der Waals surface area (Å²) < 4.78 is 9.72. The molecule has 2 atom stereocenters. The Labute approximate surface area is 135 Å². The maximum atomic E-state index is 11.4. The molecule has 0 spiro atoms. The van der Waals surface area contributed by atoms with Crippen LogP contribution < -0.4 is 4.74 Å². The van der Waals surface area contributed by atoms with E-state index >= 15 is 0 Å². The molecular formula is C18H20O5. The minimum absolute atomic E-state index is 0.381. The number of rotatable bonds is 5. The van der Waals surface area contributed by atoms with E-state index < -0.39 is 17.7 Å². The Hall–Kier alpha value is -2.37. The molecule has 0 bridgehead atoms. The monoisotopic (exact) mass is 316 g/mol. The SMILES string of the molecule is COC(=O)c1ccc(C(C)(O)C(O)c2ccc(OC)cc2)cc1. The lowest BCUT2D eigenvalue weighted by atomic mass is 9.86. The Bertz CT molecular complexity index is 659. The van der Waals surface area contributed by atoms with Gasteiger partial charge in [-0.05, 0) is 42.3 Å². The summed E-state index contributed by atoms with van der Waals surface area (Å²) in [5.41, 5.74) is -0.0734. The molecule has 0 saturated carbocycles. The molecule has 5 nitrogen and oxygen atoms in total. The van der Waals surface area contributed by atoms with Gasteiger partial charge in [0, 0.05) is 0 Å². The van der Waals surface area contributed by atoms with Crippen molar-refractivity contribution in [3.8, 4) is 5.75 Å². The molecule has 0 aromatic heterocycles. The van der Waals surface area contributed by atoms with Crippen molar-refractivity contribution in [1.29, 1.82) is 0 Å². The van der Waals surface area contributed by atoms with Crippen LogP contribution in [0.25, 0.3) is 0 Å². The third kappa shape index (κ3) is 3.52. The van der Waals surface area contributed by atoms with E-state index in [2.05, 4.69) is 4.74 Å². The number of esters is 1. The molecule has 0 amide bonds. The van der Waals surface area contributed by atoms with Crippen LogP contribution in [0.15, 0.2) is 48.5 Å². The average molecular weight is 316 g/mol. The molecule has 2 aromatic carbocycles. The largest absolute Gasteiger partial charge is 0.497 e. The topological polar surface area (TPSA) is 76.0 Å². The van der Waals surface area contributed by atoms with E-state index in [0.29, 0.717) is 22.4 Å². The molecule has 0 fully saturated rings. The van der Waals surface area contributed by atoms with Crippen LogP contribution in [-0.2, 0) is 10.3 Å². The van der Waals surface area contributed by atoms with Crippen LogP contribution in [0.3, 0.4) is 0 Å². The molecule has 0 saturated heterocycles. The van der Waals surface area contributed by atoms with Crippen molar-refractivity contribution in [1.82, 2.24) is 0 Å². The van der Waals surface area contributed by atoms with E-state index in [4.69, 9.17) is 4.74 Å². The summed E-state index contributed by atoms with van der Waals surface area (Å²) in [6.45, 7) is 1.52. The van der Waals surface area contributed by atoms with Gasteiger partial charge >= 0.3 is 5.97 Å². The Morgan fingerprint density at radius 2 is 1.61 bits per heavy atom. The maximum Gasteiger partial charge on any atom is 0.337 e. The molecule has 2 N–H and O–H groups in total. The van der Waals surface area contributed by atoms with Gasteiger partial charge in [0.25, 0.3) is 0 Å². The third-order valence-electron chi connectivity index (χ3n) is 3.85. The van der Waals surface area contributed by atoms with Gasteiger partial charge in [-0.2, -0.15) is 0 Å². The highest BCUT2D eigenvalue weighted by Gasteiger charge is 2.33. The molecule has 0 aliphatic heterocycles. The summed E-state index contributed by atoms with van der Waals surface area (Å²) in [6, 6.07) is 13.1. The Balaban J connectivity index is 2.26. The van der Waals surface area contributed by atoms with Gasteiger partial charge in [0.2, 0.25) is 0 Å². The number of aliphatic hydroxyl groups is 2. The molecule has 2 unspecified atom stereocenters. The highest BCUT2D eigenvalue weighted by atomic mass is 16.5. The van der Waals surface area contributed by atoms with E-state index in [-0.39, 0.29) is 0 Å². The van der Waals surface area contributed by atoms with Crippen LogP contribution in [-0.4, -0.2) is 30.4 Å². The molecule has 0 aliphatic carbocycles. The first-order chi connectivity index (χ1) is 10.9. The van der Waals surface area contributed by atoms with Crippen molar-refractivity contribution < 1.29 is 24.5 Å². The zero-order valence-corrected chi connectivity index (χ0v) is 13.3. The molecule has 23 heavy (non-hydrogen) atoms. The summed E-state index contributed by atoms with van der Waals surface area (Å²) >= 11 is 0. The van der Waals surface area contributed by atoms with Gasteiger partial charge < -0.3 is 19.7 Å². The number of hydrogen-bond acceptors (Lipinski definition) is 5. The van der Waals surface area contributed by atoms with E-state index in [0.717, 1.165) is 0 Å². The van der Waals surface area contributed by atoms with Gasteiger partial charge in [-0.25, -0.2) is 4.79 Å². The smallest absolute Gasteiger partial charge is 0.337 e. The first kappa shape index (κ1) is 17.0. The van der Waals surface area contributed by atoms with Crippen molar-refractivity contribution in [2.45, 2.75) is 18.6 Å². The van der Waals surface area contributed by atoms with Gasteiger partial charge in [0.05, 0.1) is 19.8 Å². The minimum atomic E-state index is -1.51. The van der Waals surface area contributed by atoms with Gasteiger partial charge in [0.1, 0.15) is 17.5 Å². The zero-order valence-electron chi connectivity index (χ0n) is 13.3. The third-order valence-corrected chi connectivity index (χ3v) is 3.85. The lowest BCUT2D eigenvalue weighted by molar-refractivity contribution is -0.0690. The van der Waals surface area contributed by atoms with E-state index in [1.165, 1.54) is 14.0 Å². The van der Waals surface area contributed by atoms with E-state index in [9.17, 15) is 15.0 Å². The first-order valence-corrected chi connectivity index (χ1v) is 7.13. The second-order valence-electron chi connectivity index (χ2n) is 5.39. The van der Waals surface area contributed by atoms with Crippen LogP contribution in [0.5, 0.6) is 5.75 Å². The summed E-state index contributed by atoms with van der Waals surface area (Å²) in [7, 11) is 2.87. The number of aliphatic hydroxyl groups excluding tert-OH is 1. The van der Waals surface area contributed by atoms with Gasteiger partial charge in [-0.1, -0.05) is 24.3 Å². The summed E-state index contributed by atoms with van der Waals surface area (Å²) in [6.07, 6.45) is -1.13. The van der Waals surface area contributed by atoms with Crippen molar-refractivity contribution in [3.05, 3.63) is 65.2 Å². The van der Waals surface area contributed by atoms with Crippen LogP contribution in [0.1, 0.15) is 34.5 Å². The minimum Gasteiger partial charge on any atom is -0.497 e. The van der Waals surface area contributed by atoms with Crippen molar-refractivity contribution >= 4 is 5.97 Å². The number of carbonyl (C=O) groups excluding carboxylic acids is 1. The Kier molecular flexibility index (Phi) is 5.03. The fourth-order valence-corrected chi connectivity index (χ4v) is 2.33. The molecule has 5 heteroatoms. The van der Waals surface area contributed by atoms with Gasteiger partial charge in [0.15, 0.2) is 0 Å². The van der Waals surface area contributed by atoms with E-state index in [1.54, 1.807) is 55.6 Å². The van der Waals surface area contributed by atoms with Gasteiger partial charge in [-0.15, -0.1) is 0 Å². The number of ether oxygens (including phenoxy) is 2. The first-order valence-electron chi connectivity index (χ1n) is 7.13. The predicted octanol–water partition coefficient (Wildman–Crippen LogP) is 2.42. The van der Waals surface area contributed by atoms with Crippen molar-refractivity contribution in [3.63, 3.8) is 0 Å². The standard InChI is InChI=1S/C18H20O5/c1-18(21,14-8-4-13(5-9-14)17(20)23-3)16(19)12-6-10-15(22-2)11-7-12/h4-11,16,19,21H,1-3H3. The second kappa shape index (κ2) is 6.81. The molecule has 0 aliphatic rings. The predicted molar refractivity (Wildman–Crippen MR) is 85.3 cm³/mol.